The molecule has 0 radical (unpaired) electrons. The molecule has 1 aromatic carbocycles. The number of carbonyl (C=O) groups excluding carboxylic acids is 1. The van der Waals surface area contributed by atoms with Crippen LogP contribution in [0.4, 0.5) is 0 Å². The van der Waals surface area contributed by atoms with Crippen LogP contribution in [-0.2, 0) is 11.2 Å². The fraction of sp³-hybridized carbons (Fsp3) is 0.562. The van der Waals surface area contributed by atoms with E-state index in [-0.39, 0.29) is 5.97 Å². The molecular weight excluding hydrogens is 224 g/mol. The third kappa shape index (κ3) is 4.91. The molecule has 0 fully saturated rings. The van der Waals surface area contributed by atoms with Gasteiger partial charge in [0.05, 0.1) is 12.2 Å². The Morgan fingerprint density at radius 1 is 1.06 bits per heavy atom. The molecule has 0 N–H and O–H groups in total. The zero-order chi connectivity index (χ0) is 13.2. The van der Waals surface area contributed by atoms with Gasteiger partial charge in [-0.15, -0.1) is 0 Å². The Balaban J connectivity index is 2.45. The number of hydrogen-bond acceptors (Lipinski definition) is 2. The maximum absolute atomic E-state index is 12.0. The summed E-state index contributed by atoms with van der Waals surface area (Å²) in [4.78, 5) is 12.0. The summed E-state index contributed by atoms with van der Waals surface area (Å²) in [6, 6.07) is 7.74. The van der Waals surface area contributed by atoms with E-state index in [4.69, 9.17) is 4.74 Å². The van der Waals surface area contributed by atoms with E-state index in [1.165, 1.54) is 12.8 Å². The van der Waals surface area contributed by atoms with Gasteiger partial charge in [0.1, 0.15) is 0 Å². The summed E-state index contributed by atoms with van der Waals surface area (Å²) >= 11 is 0. The van der Waals surface area contributed by atoms with Crippen LogP contribution in [-0.4, -0.2) is 12.6 Å². The second kappa shape index (κ2) is 8.73. The molecule has 100 valence electrons. The third-order valence-corrected chi connectivity index (χ3v) is 2.99. The molecule has 0 saturated carbocycles. The highest BCUT2D eigenvalue weighted by Crippen LogP contribution is 2.13. The Bertz CT molecular complexity index is 358. The summed E-state index contributed by atoms with van der Waals surface area (Å²) in [5.74, 6) is -0.171. The molecule has 2 heteroatoms. The monoisotopic (exact) mass is 248 g/mol. The third-order valence-electron chi connectivity index (χ3n) is 2.99. The van der Waals surface area contributed by atoms with Crippen molar-refractivity contribution in [1.82, 2.24) is 0 Å². The highest BCUT2D eigenvalue weighted by atomic mass is 16.5. The fourth-order valence-corrected chi connectivity index (χ4v) is 1.98. The van der Waals surface area contributed by atoms with E-state index >= 15 is 0 Å². The Morgan fingerprint density at radius 2 is 1.83 bits per heavy atom. The first kappa shape index (κ1) is 14.7. The summed E-state index contributed by atoms with van der Waals surface area (Å²) in [6.45, 7) is 4.83. The number of carbonyl (C=O) groups is 1. The minimum Gasteiger partial charge on any atom is -0.462 e. The average Bonchev–Trinajstić information content (AvgIpc) is 2.39. The summed E-state index contributed by atoms with van der Waals surface area (Å²) < 4.78 is 5.32. The number of benzene rings is 1. The topological polar surface area (TPSA) is 26.3 Å². The maximum atomic E-state index is 12.0. The van der Waals surface area contributed by atoms with Gasteiger partial charge in [0.15, 0.2) is 0 Å². The lowest BCUT2D eigenvalue weighted by Crippen LogP contribution is -2.09. The molecule has 18 heavy (non-hydrogen) atoms. The normalized spacial score (nSPS) is 10.3. The Labute approximate surface area is 110 Å². The lowest BCUT2D eigenvalue weighted by molar-refractivity contribution is 0.0496. The van der Waals surface area contributed by atoms with Crippen molar-refractivity contribution < 1.29 is 9.53 Å². The summed E-state index contributed by atoms with van der Waals surface area (Å²) in [5, 5.41) is 0. The highest BCUT2D eigenvalue weighted by molar-refractivity contribution is 5.91. The van der Waals surface area contributed by atoms with Gasteiger partial charge in [-0.1, -0.05) is 57.7 Å². The fourth-order valence-electron chi connectivity index (χ4n) is 1.98. The van der Waals surface area contributed by atoms with Crippen LogP contribution in [0, 0.1) is 0 Å². The molecule has 0 bridgehead atoms. The standard InChI is InChI=1S/C16H24O2/c1-3-5-6-9-13-18-16(17)15-12-8-7-11-14(15)10-4-2/h7-8,11-12H,3-6,9-10,13H2,1-2H3. The number of hydrogen-bond donors (Lipinski definition) is 0. The minimum absolute atomic E-state index is 0.171. The van der Waals surface area contributed by atoms with Crippen molar-refractivity contribution in [2.45, 2.75) is 52.4 Å². The smallest absolute Gasteiger partial charge is 0.338 e. The van der Waals surface area contributed by atoms with Crippen molar-refractivity contribution >= 4 is 5.97 Å². The van der Waals surface area contributed by atoms with E-state index < -0.39 is 0 Å². The van der Waals surface area contributed by atoms with Crippen LogP contribution in [0.25, 0.3) is 0 Å². The Morgan fingerprint density at radius 3 is 2.56 bits per heavy atom. The van der Waals surface area contributed by atoms with E-state index in [2.05, 4.69) is 13.8 Å². The van der Waals surface area contributed by atoms with Crippen molar-refractivity contribution in [3.63, 3.8) is 0 Å². The molecule has 0 unspecified atom stereocenters. The predicted molar refractivity (Wildman–Crippen MR) is 74.9 cm³/mol. The van der Waals surface area contributed by atoms with E-state index in [0.717, 1.165) is 36.8 Å². The maximum Gasteiger partial charge on any atom is 0.338 e. The number of aryl methyl sites for hydroxylation is 1. The van der Waals surface area contributed by atoms with Crippen LogP contribution >= 0.6 is 0 Å². The SMILES string of the molecule is CCCCCCOC(=O)c1ccccc1CCC. The molecule has 0 saturated heterocycles. The van der Waals surface area contributed by atoms with Gasteiger partial charge in [-0.25, -0.2) is 4.79 Å². The number of rotatable bonds is 8. The molecule has 2 nitrogen and oxygen atoms in total. The van der Waals surface area contributed by atoms with Crippen LogP contribution < -0.4 is 0 Å². The minimum atomic E-state index is -0.171. The van der Waals surface area contributed by atoms with Crippen molar-refractivity contribution in [2.24, 2.45) is 0 Å². The van der Waals surface area contributed by atoms with E-state index in [9.17, 15) is 4.79 Å². The largest absolute Gasteiger partial charge is 0.462 e. The van der Waals surface area contributed by atoms with Crippen LogP contribution in [0.15, 0.2) is 24.3 Å². The first-order valence-corrected chi connectivity index (χ1v) is 7.04. The van der Waals surface area contributed by atoms with Crippen molar-refractivity contribution in [1.29, 1.82) is 0 Å². The molecule has 0 aliphatic rings. The van der Waals surface area contributed by atoms with Gasteiger partial charge in [-0.2, -0.15) is 0 Å². The average molecular weight is 248 g/mol. The van der Waals surface area contributed by atoms with Crippen LogP contribution in [0.5, 0.6) is 0 Å². The second-order valence-corrected chi connectivity index (χ2v) is 4.60. The van der Waals surface area contributed by atoms with Gasteiger partial charge < -0.3 is 4.74 Å². The number of unbranched alkanes of at least 4 members (excludes halogenated alkanes) is 3. The van der Waals surface area contributed by atoms with Crippen molar-refractivity contribution in [3.05, 3.63) is 35.4 Å². The van der Waals surface area contributed by atoms with Crippen molar-refractivity contribution in [3.8, 4) is 0 Å². The van der Waals surface area contributed by atoms with Gasteiger partial charge in [-0.05, 0) is 24.5 Å². The van der Waals surface area contributed by atoms with E-state index in [0.29, 0.717) is 6.61 Å². The lowest BCUT2D eigenvalue weighted by Gasteiger charge is -2.08. The van der Waals surface area contributed by atoms with Gasteiger partial charge in [0.25, 0.3) is 0 Å². The number of esters is 1. The molecule has 0 aliphatic heterocycles. The van der Waals surface area contributed by atoms with Crippen molar-refractivity contribution in [2.75, 3.05) is 6.61 Å². The molecule has 1 rings (SSSR count). The highest BCUT2D eigenvalue weighted by Gasteiger charge is 2.11. The zero-order valence-corrected chi connectivity index (χ0v) is 11.6. The molecule has 1 aromatic rings. The van der Waals surface area contributed by atoms with Crippen LogP contribution in [0.2, 0.25) is 0 Å². The zero-order valence-electron chi connectivity index (χ0n) is 11.6. The Kier molecular flexibility index (Phi) is 7.16. The van der Waals surface area contributed by atoms with Gasteiger partial charge in [0.2, 0.25) is 0 Å². The summed E-state index contributed by atoms with van der Waals surface area (Å²) in [6.07, 6.45) is 6.50. The lowest BCUT2D eigenvalue weighted by atomic mass is 10.0. The molecule has 0 aromatic heterocycles. The first-order chi connectivity index (χ1) is 8.79. The number of ether oxygens (including phenoxy) is 1. The quantitative estimate of drug-likeness (QED) is 0.504. The summed E-state index contributed by atoms with van der Waals surface area (Å²) in [7, 11) is 0. The molecule has 0 heterocycles. The van der Waals surface area contributed by atoms with Crippen LogP contribution in [0.3, 0.4) is 0 Å². The summed E-state index contributed by atoms with van der Waals surface area (Å²) in [5.41, 5.74) is 1.83. The molecule has 0 aliphatic carbocycles. The van der Waals surface area contributed by atoms with Crippen LogP contribution in [0.1, 0.15) is 61.9 Å². The molecule has 0 amide bonds. The Hall–Kier alpha value is -1.31. The van der Waals surface area contributed by atoms with Gasteiger partial charge >= 0.3 is 5.97 Å². The molecular formula is C16H24O2. The first-order valence-electron chi connectivity index (χ1n) is 7.04. The van der Waals surface area contributed by atoms with Gasteiger partial charge in [0, 0.05) is 0 Å². The second-order valence-electron chi connectivity index (χ2n) is 4.60. The van der Waals surface area contributed by atoms with Gasteiger partial charge in [-0.3, -0.25) is 0 Å². The van der Waals surface area contributed by atoms with E-state index in [1.54, 1.807) is 0 Å². The molecule has 0 atom stereocenters. The van der Waals surface area contributed by atoms with E-state index in [1.807, 2.05) is 24.3 Å². The predicted octanol–water partition coefficient (Wildman–Crippen LogP) is 4.38. The molecule has 0 spiro atoms.